The van der Waals surface area contributed by atoms with E-state index in [1.165, 1.54) is 25.7 Å². The quantitative estimate of drug-likeness (QED) is 0.642. The molecule has 0 spiro atoms. The fraction of sp³-hybridized carbons (Fsp3) is 1.00. The van der Waals surface area contributed by atoms with Crippen LogP contribution in [-0.2, 0) is 14.2 Å². The summed E-state index contributed by atoms with van der Waals surface area (Å²) in [6.45, 7) is 11.7. The molecule has 0 N–H and O–H groups in total. The van der Waals surface area contributed by atoms with Crippen molar-refractivity contribution in [1.82, 2.24) is 4.90 Å². The van der Waals surface area contributed by atoms with Crippen LogP contribution >= 0.6 is 0 Å². The van der Waals surface area contributed by atoms with E-state index >= 15 is 0 Å². The molecule has 4 heteroatoms. The number of hydrogen-bond acceptors (Lipinski definition) is 4. The van der Waals surface area contributed by atoms with Gasteiger partial charge in [0.1, 0.15) is 0 Å². The lowest BCUT2D eigenvalue weighted by Gasteiger charge is -2.45. The van der Waals surface area contributed by atoms with Crippen molar-refractivity contribution in [3.8, 4) is 0 Å². The van der Waals surface area contributed by atoms with E-state index in [9.17, 15) is 0 Å². The zero-order valence-electron chi connectivity index (χ0n) is 14.8. The molecular weight excluding hydrogens is 278 g/mol. The van der Waals surface area contributed by atoms with Crippen LogP contribution < -0.4 is 0 Å². The first kappa shape index (κ1) is 18.2. The smallest absolute Gasteiger partial charge is 0.170 e. The molecule has 0 aromatic rings. The lowest BCUT2D eigenvalue weighted by molar-refractivity contribution is -0.255. The van der Waals surface area contributed by atoms with Crippen molar-refractivity contribution in [1.29, 1.82) is 0 Å². The molecule has 0 bridgehead atoms. The number of rotatable bonds is 8. The van der Waals surface area contributed by atoms with Crippen molar-refractivity contribution in [2.24, 2.45) is 5.92 Å². The summed E-state index contributed by atoms with van der Waals surface area (Å²) in [5, 5.41) is 0. The zero-order valence-corrected chi connectivity index (χ0v) is 14.8. The van der Waals surface area contributed by atoms with Crippen molar-refractivity contribution in [3.05, 3.63) is 0 Å². The van der Waals surface area contributed by atoms with Gasteiger partial charge >= 0.3 is 0 Å². The minimum Gasteiger partial charge on any atom is -0.381 e. The van der Waals surface area contributed by atoms with Gasteiger partial charge in [-0.15, -0.1) is 0 Å². The SMILES string of the molecule is CCOC[C@H]1CC[C@@H](N2CCC(OCC)(OCC)CC2)CC1. The second kappa shape index (κ2) is 9.21. The van der Waals surface area contributed by atoms with Crippen LogP contribution in [0.25, 0.3) is 0 Å². The van der Waals surface area contributed by atoms with Crippen LogP contribution in [0, 0.1) is 5.92 Å². The molecule has 0 aromatic carbocycles. The zero-order chi connectivity index (χ0) is 15.8. The van der Waals surface area contributed by atoms with Crippen molar-refractivity contribution in [2.75, 3.05) is 39.5 Å². The van der Waals surface area contributed by atoms with Crippen molar-refractivity contribution < 1.29 is 14.2 Å². The Morgan fingerprint density at radius 1 is 0.864 bits per heavy atom. The maximum atomic E-state index is 5.94. The highest BCUT2D eigenvalue weighted by Crippen LogP contribution is 2.33. The fourth-order valence-electron chi connectivity index (χ4n) is 4.05. The van der Waals surface area contributed by atoms with Gasteiger partial charge in [0.15, 0.2) is 5.79 Å². The molecule has 0 atom stereocenters. The molecule has 1 heterocycles. The number of likely N-dealkylation sites (tertiary alicyclic amines) is 1. The van der Waals surface area contributed by atoms with E-state index in [0.717, 1.165) is 64.3 Å². The first-order valence-corrected chi connectivity index (χ1v) is 9.32. The first-order valence-electron chi connectivity index (χ1n) is 9.32. The Morgan fingerprint density at radius 3 is 1.95 bits per heavy atom. The Labute approximate surface area is 136 Å². The molecule has 130 valence electrons. The normalized spacial score (nSPS) is 29.6. The van der Waals surface area contributed by atoms with Gasteiger partial charge in [-0.05, 0) is 52.4 Å². The van der Waals surface area contributed by atoms with E-state index in [1.54, 1.807) is 0 Å². The number of piperidine rings is 1. The summed E-state index contributed by atoms with van der Waals surface area (Å²) in [6, 6.07) is 0.763. The van der Waals surface area contributed by atoms with Gasteiger partial charge in [0, 0.05) is 58.4 Å². The summed E-state index contributed by atoms with van der Waals surface area (Å²) in [4.78, 5) is 2.67. The summed E-state index contributed by atoms with van der Waals surface area (Å²) in [7, 11) is 0. The maximum Gasteiger partial charge on any atom is 0.170 e. The van der Waals surface area contributed by atoms with Gasteiger partial charge in [0.2, 0.25) is 0 Å². The summed E-state index contributed by atoms with van der Waals surface area (Å²) < 4.78 is 17.5. The largest absolute Gasteiger partial charge is 0.381 e. The van der Waals surface area contributed by atoms with Crippen LogP contribution in [0.3, 0.4) is 0 Å². The molecular formula is C18H35NO3. The van der Waals surface area contributed by atoms with Crippen LogP contribution in [0.2, 0.25) is 0 Å². The third-order valence-corrected chi connectivity index (χ3v) is 5.26. The lowest BCUT2D eigenvalue weighted by atomic mass is 9.85. The third kappa shape index (κ3) is 4.92. The summed E-state index contributed by atoms with van der Waals surface area (Å²) in [5.41, 5.74) is 0. The summed E-state index contributed by atoms with van der Waals surface area (Å²) >= 11 is 0. The lowest BCUT2D eigenvalue weighted by Crippen LogP contribution is -2.51. The molecule has 0 radical (unpaired) electrons. The Hall–Kier alpha value is -0.160. The average Bonchev–Trinajstić information content (AvgIpc) is 2.55. The topological polar surface area (TPSA) is 30.9 Å². The highest BCUT2D eigenvalue weighted by atomic mass is 16.7. The van der Waals surface area contributed by atoms with E-state index in [1.807, 2.05) is 0 Å². The molecule has 4 nitrogen and oxygen atoms in total. The molecule has 2 aliphatic rings. The predicted molar refractivity (Wildman–Crippen MR) is 89.0 cm³/mol. The second-order valence-electron chi connectivity index (χ2n) is 6.65. The van der Waals surface area contributed by atoms with Crippen LogP contribution in [0.5, 0.6) is 0 Å². The molecule has 0 unspecified atom stereocenters. The highest BCUT2D eigenvalue weighted by Gasteiger charge is 2.38. The van der Waals surface area contributed by atoms with Gasteiger partial charge in [-0.3, -0.25) is 4.90 Å². The predicted octanol–water partition coefficient (Wildman–Crippen LogP) is 3.45. The van der Waals surface area contributed by atoms with Gasteiger partial charge < -0.3 is 14.2 Å². The van der Waals surface area contributed by atoms with Gasteiger partial charge in [-0.25, -0.2) is 0 Å². The van der Waals surface area contributed by atoms with Crippen molar-refractivity contribution in [2.45, 2.75) is 71.1 Å². The van der Waals surface area contributed by atoms with Crippen LogP contribution in [0.1, 0.15) is 59.3 Å². The molecule has 0 amide bonds. The standard InChI is InChI=1S/C18H35NO3/c1-4-20-15-16-7-9-17(10-8-16)19-13-11-18(12-14-19,21-5-2)22-6-3/h16-17H,4-15H2,1-3H3/t16-,17+. The molecule has 1 saturated carbocycles. The van der Waals surface area contributed by atoms with Gasteiger partial charge in [0.05, 0.1) is 0 Å². The fourth-order valence-corrected chi connectivity index (χ4v) is 4.05. The van der Waals surface area contributed by atoms with E-state index < -0.39 is 0 Å². The van der Waals surface area contributed by atoms with Gasteiger partial charge in [0.25, 0.3) is 0 Å². The van der Waals surface area contributed by atoms with E-state index in [0.29, 0.717) is 0 Å². The molecule has 2 rings (SSSR count). The number of nitrogens with zero attached hydrogens (tertiary/aromatic N) is 1. The second-order valence-corrected chi connectivity index (χ2v) is 6.65. The minimum atomic E-state index is -0.313. The number of hydrogen-bond donors (Lipinski definition) is 0. The van der Waals surface area contributed by atoms with Crippen molar-refractivity contribution >= 4 is 0 Å². The molecule has 2 fully saturated rings. The molecule has 1 aliphatic carbocycles. The Morgan fingerprint density at radius 2 is 1.45 bits per heavy atom. The van der Waals surface area contributed by atoms with E-state index in [2.05, 4.69) is 25.7 Å². The van der Waals surface area contributed by atoms with Gasteiger partial charge in [-0.2, -0.15) is 0 Å². The molecule has 22 heavy (non-hydrogen) atoms. The van der Waals surface area contributed by atoms with Crippen LogP contribution in [0.4, 0.5) is 0 Å². The third-order valence-electron chi connectivity index (χ3n) is 5.26. The Kier molecular flexibility index (Phi) is 7.61. The van der Waals surface area contributed by atoms with Crippen LogP contribution in [0.15, 0.2) is 0 Å². The maximum absolute atomic E-state index is 5.94. The van der Waals surface area contributed by atoms with Crippen LogP contribution in [-0.4, -0.2) is 56.2 Å². The average molecular weight is 313 g/mol. The monoisotopic (exact) mass is 313 g/mol. The van der Waals surface area contributed by atoms with Crippen molar-refractivity contribution in [3.63, 3.8) is 0 Å². The first-order chi connectivity index (χ1) is 10.7. The summed E-state index contributed by atoms with van der Waals surface area (Å²) in [5.74, 6) is 0.471. The molecule has 1 aliphatic heterocycles. The van der Waals surface area contributed by atoms with E-state index in [4.69, 9.17) is 14.2 Å². The molecule has 1 saturated heterocycles. The summed E-state index contributed by atoms with van der Waals surface area (Å²) in [6.07, 6.45) is 7.32. The van der Waals surface area contributed by atoms with Gasteiger partial charge in [-0.1, -0.05) is 0 Å². The minimum absolute atomic E-state index is 0.313. The highest BCUT2D eigenvalue weighted by molar-refractivity contribution is 4.86. The Balaban J connectivity index is 1.75. The number of ether oxygens (including phenoxy) is 3. The van der Waals surface area contributed by atoms with E-state index in [-0.39, 0.29) is 5.79 Å². The molecule has 0 aromatic heterocycles. The Bertz CT molecular complexity index is 287.